The number of carbonyl (C=O) groups is 1. The molecule has 1 amide bonds. The number of nitrogen functional groups attached to an aromatic ring is 1. The first-order valence-corrected chi connectivity index (χ1v) is 6.90. The van der Waals surface area contributed by atoms with E-state index < -0.39 is 0 Å². The average molecular weight is 284 g/mol. The van der Waals surface area contributed by atoms with Crippen molar-refractivity contribution in [2.75, 3.05) is 5.73 Å². The Kier molecular flexibility index (Phi) is 4.21. The van der Waals surface area contributed by atoms with Crippen LogP contribution in [0.25, 0.3) is 0 Å². The summed E-state index contributed by atoms with van der Waals surface area (Å²) in [5.41, 5.74) is 5.47. The molecule has 3 N–H and O–H groups in total. The molecule has 0 aromatic carbocycles. The fraction of sp³-hybridized carbons (Fsp3) is 0.300. The lowest BCUT2D eigenvalue weighted by molar-refractivity contribution is -0.120. The lowest BCUT2D eigenvalue weighted by Crippen LogP contribution is -2.30. The molecule has 96 valence electrons. The Morgan fingerprint density at radius 3 is 3.11 bits per heavy atom. The van der Waals surface area contributed by atoms with Crippen LogP contribution in [0.4, 0.5) is 5.13 Å². The van der Waals surface area contributed by atoms with Crippen LogP contribution in [0.5, 0.6) is 0 Å². The Morgan fingerprint density at radius 1 is 1.67 bits per heavy atom. The first-order valence-electron chi connectivity index (χ1n) is 5.21. The molecule has 1 atom stereocenters. The Morgan fingerprint density at radius 2 is 2.50 bits per heavy atom. The Balaban J connectivity index is 1.81. The van der Waals surface area contributed by atoms with Gasteiger partial charge in [-0.05, 0) is 19.1 Å². The van der Waals surface area contributed by atoms with Crippen molar-refractivity contribution in [1.29, 1.82) is 0 Å². The second-order valence-electron chi connectivity index (χ2n) is 3.46. The van der Waals surface area contributed by atoms with Gasteiger partial charge >= 0.3 is 0 Å². The summed E-state index contributed by atoms with van der Waals surface area (Å²) in [6, 6.07) is 3.59. The van der Waals surface area contributed by atoms with Crippen molar-refractivity contribution in [3.8, 4) is 0 Å². The van der Waals surface area contributed by atoms with E-state index in [0.717, 1.165) is 5.76 Å². The van der Waals surface area contributed by atoms with Gasteiger partial charge in [-0.25, -0.2) is 0 Å². The number of carbonyl (C=O) groups excluding carboxylic acids is 1. The Labute approximate surface area is 112 Å². The van der Waals surface area contributed by atoms with Crippen molar-refractivity contribution in [2.24, 2.45) is 0 Å². The number of anilines is 1. The van der Waals surface area contributed by atoms with Crippen molar-refractivity contribution in [3.05, 3.63) is 24.2 Å². The monoisotopic (exact) mass is 284 g/mol. The number of nitrogens with two attached hydrogens (primary N) is 1. The first-order chi connectivity index (χ1) is 8.65. The minimum absolute atomic E-state index is 0.0785. The highest BCUT2D eigenvalue weighted by atomic mass is 32.2. The minimum Gasteiger partial charge on any atom is -0.467 e. The first kappa shape index (κ1) is 12.9. The Bertz CT molecular complexity index is 512. The molecular formula is C10H12N4O2S2. The van der Waals surface area contributed by atoms with Crippen LogP contribution >= 0.6 is 23.1 Å². The summed E-state index contributed by atoms with van der Waals surface area (Å²) in [7, 11) is 0. The van der Waals surface area contributed by atoms with Gasteiger partial charge in [-0.1, -0.05) is 23.1 Å². The summed E-state index contributed by atoms with van der Waals surface area (Å²) >= 11 is 2.60. The highest BCUT2D eigenvalue weighted by molar-refractivity contribution is 8.02. The number of hydrogen-bond acceptors (Lipinski definition) is 7. The fourth-order valence-corrected chi connectivity index (χ4v) is 3.01. The van der Waals surface area contributed by atoms with Crippen LogP contribution in [0.15, 0.2) is 27.2 Å². The van der Waals surface area contributed by atoms with E-state index in [4.69, 9.17) is 10.2 Å². The SMILES string of the molecule is CC(Sc1nnc(N)s1)C(=O)NCc1ccco1. The summed E-state index contributed by atoms with van der Waals surface area (Å²) < 4.78 is 5.82. The topological polar surface area (TPSA) is 94.0 Å². The molecule has 0 saturated heterocycles. The van der Waals surface area contributed by atoms with Gasteiger partial charge in [0, 0.05) is 0 Å². The van der Waals surface area contributed by atoms with Crippen LogP contribution < -0.4 is 11.1 Å². The quantitative estimate of drug-likeness (QED) is 0.808. The third kappa shape index (κ3) is 3.47. The number of hydrogen-bond donors (Lipinski definition) is 2. The summed E-state index contributed by atoms with van der Waals surface area (Å²) in [6.45, 7) is 2.19. The van der Waals surface area contributed by atoms with Crippen molar-refractivity contribution in [2.45, 2.75) is 23.1 Å². The van der Waals surface area contributed by atoms with Gasteiger partial charge in [0.1, 0.15) is 5.76 Å². The van der Waals surface area contributed by atoms with E-state index in [1.807, 2.05) is 6.07 Å². The minimum atomic E-state index is -0.257. The zero-order valence-corrected chi connectivity index (χ0v) is 11.3. The van der Waals surface area contributed by atoms with Gasteiger partial charge in [0.05, 0.1) is 18.1 Å². The zero-order valence-electron chi connectivity index (χ0n) is 9.62. The zero-order chi connectivity index (χ0) is 13.0. The predicted octanol–water partition coefficient (Wildman–Crippen LogP) is 1.51. The number of thioether (sulfide) groups is 1. The molecule has 2 rings (SSSR count). The highest BCUT2D eigenvalue weighted by Crippen LogP contribution is 2.27. The molecule has 0 radical (unpaired) electrons. The number of amides is 1. The van der Waals surface area contributed by atoms with Gasteiger partial charge < -0.3 is 15.5 Å². The highest BCUT2D eigenvalue weighted by Gasteiger charge is 2.16. The van der Waals surface area contributed by atoms with Gasteiger partial charge in [0.15, 0.2) is 4.34 Å². The van der Waals surface area contributed by atoms with Crippen molar-refractivity contribution in [1.82, 2.24) is 15.5 Å². The van der Waals surface area contributed by atoms with Crippen molar-refractivity contribution >= 4 is 34.1 Å². The summed E-state index contributed by atoms with van der Waals surface area (Å²) in [5.74, 6) is 0.644. The fourth-order valence-electron chi connectivity index (χ4n) is 1.20. The Hall–Kier alpha value is -1.54. The molecule has 18 heavy (non-hydrogen) atoms. The average Bonchev–Trinajstić information content (AvgIpc) is 2.97. The van der Waals surface area contributed by atoms with Gasteiger partial charge in [-0.15, -0.1) is 10.2 Å². The van der Waals surface area contributed by atoms with E-state index in [2.05, 4.69) is 15.5 Å². The van der Waals surface area contributed by atoms with E-state index in [0.29, 0.717) is 16.0 Å². The van der Waals surface area contributed by atoms with Crippen LogP contribution in [0, 0.1) is 0 Å². The summed E-state index contributed by atoms with van der Waals surface area (Å²) in [4.78, 5) is 11.8. The number of rotatable bonds is 5. The second kappa shape index (κ2) is 5.87. The van der Waals surface area contributed by atoms with Gasteiger partial charge in [-0.2, -0.15) is 0 Å². The second-order valence-corrected chi connectivity index (χ2v) is 6.06. The van der Waals surface area contributed by atoms with Gasteiger partial charge in [-0.3, -0.25) is 4.79 Å². The lowest BCUT2D eigenvalue weighted by Gasteiger charge is -2.08. The normalized spacial score (nSPS) is 12.3. The largest absolute Gasteiger partial charge is 0.467 e. The molecule has 2 heterocycles. The molecule has 2 aromatic rings. The van der Waals surface area contributed by atoms with E-state index in [9.17, 15) is 4.79 Å². The molecule has 2 aromatic heterocycles. The number of nitrogens with one attached hydrogen (secondary N) is 1. The molecule has 0 bridgehead atoms. The maximum Gasteiger partial charge on any atom is 0.233 e. The van der Waals surface area contributed by atoms with E-state index >= 15 is 0 Å². The summed E-state index contributed by atoms with van der Waals surface area (Å²) in [5, 5.41) is 10.5. The molecular weight excluding hydrogens is 272 g/mol. The van der Waals surface area contributed by atoms with Crippen molar-refractivity contribution < 1.29 is 9.21 Å². The standard InChI is InChI=1S/C10H12N4O2S2/c1-6(17-10-14-13-9(11)18-10)8(15)12-5-7-3-2-4-16-7/h2-4,6H,5H2,1H3,(H2,11,13)(H,12,15). The molecule has 8 heteroatoms. The van der Waals surface area contributed by atoms with Crippen LogP contribution in [-0.2, 0) is 11.3 Å². The molecule has 1 unspecified atom stereocenters. The maximum atomic E-state index is 11.8. The van der Waals surface area contributed by atoms with E-state index in [1.165, 1.54) is 23.1 Å². The molecule has 6 nitrogen and oxygen atoms in total. The molecule has 0 saturated carbocycles. The number of nitrogens with zero attached hydrogens (tertiary/aromatic N) is 2. The molecule has 0 aliphatic heterocycles. The van der Waals surface area contributed by atoms with Crippen molar-refractivity contribution in [3.63, 3.8) is 0 Å². The maximum absolute atomic E-state index is 11.8. The lowest BCUT2D eigenvalue weighted by atomic mass is 10.4. The van der Waals surface area contributed by atoms with E-state index in [-0.39, 0.29) is 11.2 Å². The number of aromatic nitrogens is 2. The third-order valence-corrected chi connectivity index (χ3v) is 4.02. The predicted molar refractivity (Wildman–Crippen MR) is 70.2 cm³/mol. The molecule has 0 aliphatic rings. The third-order valence-electron chi connectivity index (χ3n) is 2.09. The van der Waals surface area contributed by atoms with Crippen LogP contribution in [0.2, 0.25) is 0 Å². The van der Waals surface area contributed by atoms with E-state index in [1.54, 1.807) is 19.3 Å². The molecule has 0 aliphatic carbocycles. The van der Waals surface area contributed by atoms with Gasteiger partial charge in [0.25, 0.3) is 0 Å². The summed E-state index contributed by atoms with van der Waals surface area (Å²) in [6.07, 6.45) is 1.57. The van der Waals surface area contributed by atoms with Crippen LogP contribution in [0.3, 0.4) is 0 Å². The van der Waals surface area contributed by atoms with Crippen LogP contribution in [0.1, 0.15) is 12.7 Å². The van der Waals surface area contributed by atoms with Gasteiger partial charge in [0.2, 0.25) is 11.0 Å². The smallest absolute Gasteiger partial charge is 0.233 e. The van der Waals surface area contributed by atoms with Crippen LogP contribution in [-0.4, -0.2) is 21.4 Å². The molecule has 0 fully saturated rings. The molecule has 0 spiro atoms. The number of furan rings is 1.